The first kappa shape index (κ1) is 38.3. The second-order valence-electron chi connectivity index (χ2n) is 12.1. The summed E-state index contributed by atoms with van der Waals surface area (Å²) in [5, 5.41) is 69.8. The maximum absolute atomic E-state index is 12.5. The fourth-order valence-corrected chi connectivity index (χ4v) is 5.82. The molecule has 43 heavy (non-hydrogen) atoms. The van der Waals surface area contributed by atoms with Crippen LogP contribution in [0.15, 0.2) is 0 Å². The van der Waals surface area contributed by atoms with Crippen molar-refractivity contribution in [3.8, 4) is 0 Å². The molecule has 12 heteroatoms. The first-order chi connectivity index (χ1) is 20.7. The van der Waals surface area contributed by atoms with Crippen LogP contribution in [0, 0.1) is 0 Å². The van der Waals surface area contributed by atoms with Crippen molar-refractivity contribution >= 4 is 5.97 Å². The van der Waals surface area contributed by atoms with Gasteiger partial charge in [0.25, 0.3) is 0 Å². The quantitative estimate of drug-likeness (QED) is 0.0679. The Morgan fingerprint density at radius 2 is 1.05 bits per heavy atom. The van der Waals surface area contributed by atoms with Crippen molar-refractivity contribution in [3.63, 3.8) is 0 Å². The highest BCUT2D eigenvalue weighted by atomic mass is 16.7. The van der Waals surface area contributed by atoms with E-state index in [1.807, 2.05) is 0 Å². The molecule has 0 aromatic rings. The number of carbonyl (C=O) groups is 1. The first-order valence-corrected chi connectivity index (χ1v) is 16.5. The summed E-state index contributed by atoms with van der Waals surface area (Å²) in [6, 6.07) is 0. The lowest BCUT2D eigenvalue weighted by atomic mass is 9.95. The zero-order chi connectivity index (χ0) is 31.6. The molecule has 0 aromatic heterocycles. The molecule has 4 unspecified atom stereocenters. The summed E-state index contributed by atoms with van der Waals surface area (Å²) in [4.78, 5) is 12.5. The Kier molecular flexibility index (Phi) is 19.3. The predicted molar refractivity (Wildman–Crippen MR) is 157 cm³/mol. The van der Waals surface area contributed by atoms with Crippen molar-refractivity contribution in [1.29, 1.82) is 0 Å². The lowest BCUT2D eigenvalue weighted by Crippen LogP contribution is -2.64. The summed E-state index contributed by atoms with van der Waals surface area (Å²) in [7, 11) is 0. The molecule has 7 N–H and O–H groups in total. The van der Waals surface area contributed by atoms with E-state index >= 15 is 0 Å². The van der Waals surface area contributed by atoms with E-state index in [9.17, 15) is 35.4 Å². The molecular formula is C31H58O12. The largest absolute Gasteiger partial charge is 0.457 e. The van der Waals surface area contributed by atoms with Gasteiger partial charge >= 0.3 is 5.97 Å². The molecular weight excluding hydrogens is 564 g/mol. The number of aliphatic hydroxyl groups is 7. The van der Waals surface area contributed by atoms with E-state index in [0.717, 1.165) is 32.1 Å². The molecule has 0 aromatic carbocycles. The van der Waals surface area contributed by atoms with Crippen LogP contribution in [0.4, 0.5) is 0 Å². The topological polar surface area (TPSA) is 196 Å². The van der Waals surface area contributed by atoms with Crippen LogP contribution in [0.25, 0.3) is 0 Å². The van der Waals surface area contributed by atoms with Crippen LogP contribution in [0.2, 0.25) is 0 Å². The molecule has 0 radical (unpaired) electrons. The van der Waals surface area contributed by atoms with Gasteiger partial charge in [0.2, 0.25) is 0 Å². The van der Waals surface area contributed by atoms with E-state index < -0.39 is 80.4 Å². The van der Waals surface area contributed by atoms with Gasteiger partial charge in [-0.3, -0.25) is 4.79 Å². The van der Waals surface area contributed by atoms with Crippen molar-refractivity contribution in [2.75, 3.05) is 19.8 Å². The maximum atomic E-state index is 12.5. The molecule has 2 rings (SSSR count). The molecule has 0 bridgehead atoms. The third-order valence-electron chi connectivity index (χ3n) is 8.52. The molecule has 0 saturated carbocycles. The lowest BCUT2D eigenvalue weighted by molar-refractivity contribution is -0.340. The van der Waals surface area contributed by atoms with Crippen molar-refractivity contribution in [1.82, 2.24) is 0 Å². The smallest absolute Gasteiger partial charge is 0.306 e. The number of esters is 1. The second-order valence-corrected chi connectivity index (χ2v) is 12.1. The molecule has 0 aliphatic carbocycles. The molecule has 12 nitrogen and oxygen atoms in total. The van der Waals surface area contributed by atoms with Crippen LogP contribution in [-0.2, 0) is 23.7 Å². The van der Waals surface area contributed by atoms with Gasteiger partial charge in [0, 0.05) is 13.0 Å². The van der Waals surface area contributed by atoms with Crippen LogP contribution >= 0.6 is 0 Å². The highest BCUT2D eigenvalue weighted by molar-refractivity contribution is 5.69. The van der Waals surface area contributed by atoms with Gasteiger partial charge < -0.3 is 54.7 Å². The average molecular weight is 623 g/mol. The SMILES string of the molecule is C[C@@H]1OC(CO)[C@@H](O)[C@H](O)C1O[C@@H]1OC(CO)[C@@H](OC(=O)CCCCCCCCCCCCCCCCCO)[C@H](O)C1O. The third-order valence-corrected chi connectivity index (χ3v) is 8.52. The normalized spacial score (nSPS) is 33.0. The number of unbranched alkanes of at least 4 members (excludes halogenated alkanes) is 14. The van der Waals surface area contributed by atoms with E-state index in [2.05, 4.69) is 0 Å². The predicted octanol–water partition coefficient (Wildman–Crippen LogP) is 1.46. The minimum atomic E-state index is -1.67. The molecule has 10 atom stereocenters. The van der Waals surface area contributed by atoms with Gasteiger partial charge in [0.15, 0.2) is 12.4 Å². The Balaban J connectivity index is 1.60. The van der Waals surface area contributed by atoms with Crippen molar-refractivity contribution in [3.05, 3.63) is 0 Å². The minimum Gasteiger partial charge on any atom is -0.457 e. The Morgan fingerprint density at radius 3 is 1.53 bits per heavy atom. The minimum absolute atomic E-state index is 0.143. The molecule has 2 heterocycles. The monoisotopic (exact) mass is 622 g/mol. The standard InChI is InChI=1S/C31H58O12/c1-21-29(26(37)25(36)22(19-33)40-21)43-31-28(39)27(38)30(23(20-34)41-31)42-24(35)17-15-13-11-9-7-5-3-2-4-6-8-10-12-14-16-18-32/h21-23,25-34,36-39H,2-20H2,1H3/t21-,22?,23?,25+,26-,27+,28?,29?,30+,31-/m0/s1. The van der Waals surface area contributed by atoms with Crippen LogP contribution in [0.1, 0.15) is 110 Å². The summed E-state index contributed by atoms with van der Waals surface area (Å²) in [6.45, 7) is 0.722. The summed E-state index contributed by atoms with van der Waals surface area (Å²) < 4.78 is 22.1. The molecule has 254 valence electrons. The zero-order valence-electron chi connectivity index (χ0n) is 25.9. The van der Waals surface area contributed by atoms with Crippen LogP contribution in [0.5, 0.6) is 0 Å². The fourth-order valence-electron chi connectivity index (χ4n) is 5.82. The molecule has 2 aliphatic heterocycles. The second kappa shape index (κ2) is 21.7. The fraction of sp³-hybridized carbons (Fsp3) is 0.968. The van der Waals surface area contributed by atoms with E-state index in [0.29, 0.717) is 13.0 Å². The highest BCUT2D eigenvalue weighted by Gasteiger charge is 2.50. The molecule has 2 saturated heterocycles. The highest BCUT2D eigenvalue weighted by Crippen LogP contribution is 2.30. The third kappa shape index (κ3) is 13.1. The number of carbonyl (C=O) groups excluding carboxylic acids is 1. The summed E-state index contributed by atoms with van der Waals surface area (Å²) in [6.07, 6.45) is 3.99. The number of hydrogen-bond donors (Lipinski definition) is 7. The van der Waals surface area contributed by atoms with Crippen LogP contribution < -0.4 is 0 Å². The van der Waals surface area contributed by atoms with E-state index in [4.69, 9.17) is 24.1 Å². The van der Waals surface area contributed by atoms with Crippen molar-refractivity contribution in [2.24, 2.45) is 0 Å². The summed E-state index contributed by atoms with van der Waals surface area (Å²) >= 11 is 0. The van der Waals surface area contributed by atoms with E-state index in [-0.39, 0.29) is 6.42 Å². The Morgan fingerprint density at radius 1 is 0.581 bits per heavy atom. The van der Waals surface area contributed by atoms with Gasteiger partial charge in [-0.25, -0.2) is 0 Å². The van der Waals surface area contributed by atoms with Crippen molar-refractivity contribution < 1.29 is 59.5 Å². The Labute approximate surface area is 256 Å². The number of ether oxygens (including phenoxy) is 4. The van der Waals surface area contributed by atoms with Gasteiger partial charge in [-0.1, -0.05) is 83.5 Å². The number of hydrogen-bond acceptors (Lipinski definition) is 12. The Bertz CT molecular complexity index is 725. The molecule has 2 fully saturated rings. The van der Waals surface area contributed by atoms with Crippen LogP contribution in [-0.4, -0.2) is 123 Å². The molecule has 0 spiro atoms. The zero-order valence-corrected chi connectivity index (χ0v) is 25.9. The summed E-state index contributed by atoms with van der Waals surface area (Å²) in [5.41, 5.74) is 0. The molecule has 2 aliphatic rings. The summed E-state index contributed by atoms with van der Waals surface area (Å²) in [5.74, 6) is -0.561. The number of rotatable bonds is 22. The van der Waals surface area contributed by atoms with Crippen molar-refractivity contribution in [2.45, 2.75) is 171 Å². The van der Waals surface area contributed by atoms with Crippen LogP contribution in [0.3, 0.4) is 0 Å². The lowest BCUT2D eigenvalue weighted by Gasteiger charge is -2.46. The van der Waals surface area contributed by atoms with Gasteiger partial charge in [0.05, 0.1) is 19.3 Å². The van der Waals surface area contributed by atoms with Gasteiger partial charge in [-0.05, 0) is 19.8 Å². The van der Waals surface area contributed by atoms with Gasteiger partial charge in [-0.15, -0.1) is 0 Å². The average Bonchev–Trinajstić information content (AvgIpc) is 3.00. The van der Waals surface area contributed by atoms with E-state index in [1.54, 1.807) is 6.92 Å². The maximum Gasteiger partial charge on any atom is 0.306 e. The van der Waals surface area contributed by atoms with E-state index in [1.165, 1.54) is 57.8 Å². The van der Waals surface area contributed by atoms with Gasteiger partial charge in [-0.2, -0.15) is 0 Å². The number of aliphatic hydroxyl groups excluding tert-OH is 7. The molecule has 0 amide bonds. The Hall–Kier alpha value is -0.930. The first-order valence-electron chi connectivity index (χ1n) is 16.5. The van der Waals surface area contributed by atoms with Gasteiger partial charge in [0.1, 0.15) is 42.7 Å².